The normalized spacial score (nSPS) is 11.8. The first-order valence-electron chi connectivity index (χ1n) is 18.0. The Morgan fingerprint density at radius 2 is 0.849 bits per heavy atom. The maximum Gasteiger partial charge on any atom is 0.231 e. The second kappa shape index (κ2) is 11.7. The molecule has 0 saturated carbocycles. The fourth-order valence-corrected chi connectivity index (χ4v) is 8.18. The highest BCUT2D eigenvalue weighted by molar-refractivity contribution is 6.26. The third-order valence-electron chi connectivity index (χ3n) is 10.7. The Morgan fingerprint density at radius 3 is 1.55 bits per heavy atom. The lowest BCUT2D eigenvalue weighted by atomic mass is 9.91. The number of furan rings is 1. The fourth-order valence-electron chi connectivity index (χ4n) is 8.18. The zero-order valence-corrected chi connectivity index (χ0v) is 28.6. The van der Waals surface area contributed by atoms with Crippen LogP contribution in [0.1, 0.15) is 0 Å². The molecule has 11 rings (SSSR count). The Bertz CT molecular complexity index is 3200. The van der Waals surface area contributed by atoms with Crippen molar-refractivity contribution < 1.29 is 4.42 Å². The summed E-state index contributed by atoms with van der Waals surface area (Å²) in [6.07, 6.45) is 0. The topological polar surface area (TPSA) is 38.9 Å². The van der Waals surface area contributed by atoms with Gasteiger partial charge in [-0.1, -0.05) is 158 Å². The molecule has 0 aliphatic rings. The van der Waals surface area contributed by atoms with Crippen LogP contribution in [0.4, 0.5) is 0 Å². The lowest BCUT2D eigenvalue weighted by molar-refractivity contribution is 0.654. The monoisotopic (exact) mass is 674 g/mol. The van der Waals surface area contributed by atoms with Gasteiger partial charge in [-0.05, 0) is 89.6 Å². The van der Waals surface area contributed by atoms with E-state index in [1.165, 1.54) is 43.4 Å². The van der Waals surface area contributed by atoms with Gasteiger partial charge in [-0.25, -0.2) is 4.98 Å². The van der Waals surface area contributed by atoms with Crippen LogP contribution in [0.5, 0.6) is 0 Å². The number of hydrogen-bond donors (Lipinski definition) is 0. The van der Waals surface area contributed by atoms with Crippen molar-refractivity contribution in [2.24, 2.45) is 0 Å². The minimum Gasteiger partial charge on any atom is -0.438 e. The molecular weight excluding hydrogens is 645 g/mol. The number of aromatic nitrogens is 2. The van der Waals surface area contributed by atoms with E-state index in [1.807, 2.05) is 12.1 Å². The van der Waals surface area contributed by atoms with E-state index in [9.17, 15) is 0 Å². The predicted molar refractivity (Wildman–Crippen MR) is 221 cm³/mol. The number of hydrogen-bond acceptors (Lipinski definition) is 3. The standard InChI is InChI=1S/C50H30N2O/c1-2-13-32(14-3-1)48-47-46-38-19-5-4-12-31(38)25-27-45(46)53-50(47)52-49(51-48)37-18-11-17-35(29-37)33-15-10-16-34(28-33)36-24-26-43-41-22-7-6-20-39(41)40-21-8-9-23-42(40)44(43)30-36/h1-30H. The number of benzene rings is 9. The van der Waals surface area contributed by atoms with Crippen LogP contribution in [-0.2, 0) is 0 Å². The van der Waals surface area contributed by atoms with Crippen molar-refractivity contribution >= 4 is 65.2 Å². The van der Waals surface area contributed by atoms with E-state index < -0.39 is 0 Å². The third kappa shape index (κ3) is 4.75. The van der Waals surface area contributed by atoms with Gasteiger partial charge in [0.25, 0.3) is 0 Å². The molecular formula is C50H30N2O. The largest absolute Gasteiger partial charge is 0.438 e. The van der Waals surface area contributed by atoms with Crippen LogP contribution in [0, 0.1) is 0 Å². The second-order valence-corrected chi connectivity index (χ2v) is 13.7. The van der Waals surface area contributed by atoms with Gasteiger partial charge in [0.15, 0.2) is 5.82 Å². The molecule has 9 aromatic carbocycles. The van der Waals surface area contributed by atoms with E-state index in [2.05, 4.69) is 170 Å². The Kier molecular flexibility index (Phi) is 6.55. The van der Waals surface area contributed by atoms with Gasteiger partial charge in [-0.3, -0.25) is 0 Å². The van der Waals surface area contributed by atoms with Crippen LogP contribution in [-0.4, -0.2) is 9.97 Å². The molecule has 2 heterocycles. The smallest absolute Gasteiger partial charge is 0.231 e. The summed E-state index contributed by atoms with van der Waals surface area (Å²) in [6, 6.07) is 64.6. The predicted octanol–water partition coefficient (Wildman–Crippen LogP) is 13.7. The van der Waals surface area contributed by atoms with Crippen molar-refractivity contribution in [1.82, 2.24) is 9.97 Å². The first-order valence-corrected chi connectivity index (χ1v) is 18.0. The van der Waals surface area contributed by atoms with Crippen LogP contribution < -0.4 is 0 Å². The molecule has 0 spiro atoms. The first-order chi connectivity index (χ1) is 26.3. The number of rotatable bonds is 4. The van der Waals surface area contributed by atoms with Gasteiger partial charge in [0.1, 0.15) is 5.58 Å². The Hall–Kier alpha value is -7.10. The molecule has 0 radical (unpaired) electrons. The van der Waals surface area contributed by atoms with Crippen LogP contribution in [0.2, 0.25) is 0 Å². The van der Waals surface area contributed by atoms with E-state index in [0.717, 1.165) is 55.1 Å². The number of nitrogens with zero attached hydrogens (tertiary/aromatic N) is 2. The Morgan fingerprint density at radius 1 is 0.321 bits per heavy atom. The lowest BCUT2D eigenvalue weighted by Crippen LogP contribution is -1.94. The molecule has 0 aliphatic carbocycles. The average Bonchev–Trinajstić information content (AvgIpc) is 3.63. The van der Waals surface area contributed by atoms with Crippen LogP contribution in [0.3, 0.4) is 0 Å². The Balaban J connectivity index is 1.04. The molecule has 53 heavy (non-hydrogen) atoms. The van der Waals surface area contributed by atoms with Gasteiger partial charge in [-0.2, -0.15) is 4.98 Å². The molecule has 0 amide bonds. The summed E-state index contributed by atoms with van der Waals surface area (Å²) in [4.78, 5) is 10.3. The molecule has 246 valence electrons. The summed E-state index contributed by atoms with van der Waals surface area (Å²) in [7, 11) is 0. The third-order valence-corrected chi connectivity index (χ3v) is 10.7. The molecule has 3 nitrogen and oxygen atoms in total. The van der Waals surface area contributed by atoms with Crippen molar-refractivity contribution in [3.63, 3.8) is 0 Å². The molecule has 0 N–H and O–H groups in total. The zero-order valence-electron chi connectivity index (χ0n) is 28.6. The lowest BCUT2D eigenvalue weighted by Gasteiger charge is -2.13. The van der Waals surface area contributed by atoms with E-state index in [0.29, 0.717) is 11.5 Å². The van der Waals surface area contributed by atoms with Crippen molar-refractivity contribution in [2.45, 2.75) is 0 Å². The molecule has 0 saturated heterocycles. The van der Waals surface area contributed by atoms with Gasteiger partial charge in [0, 0.05) is 16.5 Å². The molecule has 3 heteroatoms. The van der Waals surface area contributed by atoms with Crippen LogP contribution in [0.25, 0.3) is 110 Å². The molecule has 0 aliphatic heterocycles. The highest BCUT2D eigenvalue weighted by Gasteiger charge is 2.20. The highest BCUT2D eigenvalue weighted by Crippen LogP contribution is 2.41. The van der Waals surface area contributed by atoms with E-state index >= 15 is 0 Å². The zero-order chi connectivity index (χ0) is 34.9. The SMILES string of the molecule is c1ccc(-c2nc(-c3cccc(-c4cccc(-c5ccc6c7ccccc7c7ccccc7c6c5)c4)c3)nc3oc4ccc5ccccc5c4c23)cc1. The minimum absolute atomic E-state index is 0.587. The first kappa shape index (κ1) is 29.6. The van der Waals surface area contributed by atoms with Crippen molar-refractivity contribution in [3.05, 3.63) is 182 Å². The van der Waals surface area contributed by atoms with E-state index in [4.69, 9.17) is 14.4 Å². The van der Waals surface area contributed by atoms with E-state index in [-0.39, 0.29) is 0 Å². The maximum atomic E-state index is 6.49. The average molecular weight is 675 g/mol. The van der Waals surface area contributed by atoms with Gasteiger partial charge in [-0.15, -0.1) is 0 Å². The van der Waals surface area contributed by atoms with Crippen molar-refractivity contribution in [3.8, 4) is 44.9 Å². The molecule has 0 fully saturated rings. The second-order valence-electron chi connectivity index (χ2n) is 13.7. The summed E-state index contributed by atoms with van der Waals surface area (Å²) in [5, 5.41) is 11.9. The van der Waals surface area contributed by atoms with Crippen LogP contribution in [0.15, 0.2) is 186 Å². The molecule has 11 aromatic rings. The molecule has 2 aromatic heterocycles. The van der Waals surface area contributed by atoms with Gasteiger partial charge in [0.2, 0.25) is 5.71 Å². The fraction of sp³-hybridized carbons (Fsp3) is 0. The van der Waals surface area contributed by atoms with Crippen molar-refractivity contribution in [1.29, 1.82) is 0 Å². The van der Waals surface area contributed by atoms with Gasteiger partial charge < -0.3 is 4.42 Å². The van der Waals surface area contributed by atoms with E-state index in [1.54, 1.807) is 0 Å². The molecule has 0 bridgehead atoms. The quantitative estimate of drug-likeness (QED) is 0.174. The van der Waals surface area contributed by atoms with Crippen LogP contribution >= 0.6 is 0 Å². The summed E-state index contributed by atoms with van der Waals surface area (Å²) in [5.74, 6) is 0.631. The Labute approximate surface area is 305 Å². The summed E-state index contributed by atoms with van der Waals surface area (Å²) < 4.78 is 6.49. The maximum absolute atomic E-state index is 6.49. The highest BCUT2D eigenvalue weighted by atomic mass is 16.3. The summed E-state index contributed by atoms with van der Waals surface area (Å²) in [5.41, 5.74) is 8.81. The summed E-state index contributed by atoms with van der Waals surface area (Å²) in [6.45, 7) is 0. The van der Waals surface area contributed by atoms with Gasteiger partial charge >= 0.3 is 0 Å². The molecule has 0 unspecified atom stereocenters. The van der Waals surface area contributed by atoms with Gasteiger partial charge in [0.05, 0.1) is 11.1 Å². The summed E-state index contributed by atoms with van der Waals surface area (Å²) >= 11 is 0. The minimum atomic E-state index is 0.587. The van der Waals surface area contributed by atoms with Crippen molar-refractivity contribution in [2.75, 3.05) is 0 Å². The number of fused-ring (bicyclic) bond motifs is 11. The molecule has 0 atom stereocenters.